The average Bonchev–Trinajstić information content (AvgIpc) is 2.87. The molecule has 1 aromatic heterocycles. The quantitative estimate of drug-likeness (QED) is 0.514. The zero-order valence-corrected chi connectivity index (χ0v) is 13.7. The number of carbonyl (C=O) groups is 1. The van der Waals surface area contributed by atoms with E-state index in [-0.39, 0.29) is 25.9 Å². The molecule has 6 nitrogen and oxygen atoms in total. The van der Waals surface area contributed by atoms with Gasteiger partial charge < -0.3 is 14.8 Å². The molecule has 1 aliphatic rings. The number of hydrogen-bond donors (Lipinski definition) is 1. The van der Waals surface area contributed by atoms with Crippen molar-refractivity contribution in [2.75, 3.05) is 13.1 Å². The van der Waals surface area contributed by atoms with Crippen LogP contribution in [0.25, 0.3) is 0 Å². The predicted molar refractivity (Wildman–Crippen MR) is 81.3 cm³/mol. The summed E-state index contributed by atoms with van der Waals surface area (Å²) < 4.78 is 20.3. The summed E-state index contributed by atoms with van der Waals surface area (Å²) in [4.78, 5) is 17.6. The van der Waals surface area contributed by atoms with Crippen LogP contribution in [0, 0.1) is 0 Å². The minimum absolute atomic E-state index is 0.176. The molecule has 2 rings (SSSR count). The second-order valence-electron chi connectivity index (χ2n) is 6.25. The van der Waals surface area contributed by atoms with Crippen LogP contribution in [0.2, 0.25) is 0 Å². The summed E-state index contributed by atoms with van der Waals surface area (Å²) in [6.45, 7) is 5.97. The second kappa shape index (κ2) is 6.20. The van der Waals surface area contributed by atoms with Crippen molar-refractivity contribution in [2.24, 2.45) is 5.16 Å². The van der Waals surface area contributed by atoms with Gasteiger partial charge >= 0.3 is 6.09 Å². The van der Waals surface area contributed by atoms with Gasteiger partial charge in [-0.3, -0.25) is 0 Å². The van der Waals surface area contributed by atoms with Crippen molar-refractivity contribution in [1.82, 2.24) is 9.88 Å². The summed E-state index contributed by atoms with van der Waals surface area (Å²) in [7, 11) is 0. The third-order valence-electron chi connectivity index (χ3n) is 3.30. The zero-order valence-electron chi connectivity index (χ0n) is 12.9. The van der Waals surface area contributed by atoms with Crippen LogP contribution in [-0.2, 0) is 10.4 Å². The molecule has 0 radical (unpaired) electrons. The summed E-state index contributed by atoms with van der Waals surface area (Å²) in [6.07, 6.45) is 1.10. The van der Waals surface area contributed by atoms with Gasteiger partial charge in [0.1, 0.15) is 10.6 Å². The lowest BCUT2D eigenvalue weighted by atomic mass is 9.94. The summed E-state index contributed by atoms with van der Waals surface area (Å²) >= 11 is 1.19. The smallest absolute Gasteiger partial charge is 0.410 e. The molecule has 1 fully saturated rings. The van der Waals surface area contributed by atoms with Crippen molar-refractivity contribution in [1.29, 1.82) is 0 Å². The highest BCUT2D eigenvalue weighted by molar-refractivity contribution is 7.10. The number of rotatable bonds is 2. The molecule has 22 heavy (non-hydrogen) atoms. The van der Waals surface area contributed by atoms with Gasteiger partial charge in [-0.25, -0.2) is 14.2 Å². The number of hydrogen-bond acceptors (Lipinski definition) is 6. The molecule has 0 aromatic carbocycles. The van der Waals surface area contributed by atoms with Crippen molar-refractivity contribution in [3.05, 3.63) is 16.1 Å². The number of nitrogens with zero attached hydrogens (tertiary/aromatic N) is 3. The van der Waals surface area contributed by atoms with E-state index in [1.54, 1.807) is 26.2 Å². The van der Waals surface area contributed by atoms with Gasteiger partial charge in [-0.15, -0.1) is 11.3 Å². The van der Waals surface area contributed by atoms with Crippen molar-refractivity contribution in [3.8, 4) is 0 Å². The molecule has 0 unspecified atom stereocenters. The standard InChI is InChI=1S/C14H20FN3O3S/c1-13(2,3)21-12(19)18-6-4-14(15,5-7-18)11-17-10(8-16-20)9-22-11/h8-9,20H,4-7H2,1-3H3/b16-8+. The Bertz CT molecular complexity index is 560. The van der Waals surface area contributed by atoms with Gasteiger partial charge in [-0.05, 0) is 20.8 Å². The molecule has 0 saturated carbocycles. The number of halogens is 1. The summed E-state index contributed by atoms with van der Waals surface area (Å²) in [5, 5.41) is 13.3. The van der Waals surface area contributed by atoms with E-state index in [1.165, 1.54) is 22.5 Å². The van der Waals surface area contributed by atoms with E-state index < -0.39 is 17.4 Å². The lowest BCUT2D eigenvalue weighted by Crippen LogP contribution is -2.45. The molecular weight excluding hydrogens is 309 g/mol. The van der Waals surface area contributed by atoms with Gasteiger partial charge in [0.2, 0.25) is 0 Å². The van der Waals surface area contributed by atoms with E-state index in [1.807, 2.05) is 0 Å². The number of oxime groups is 1. The first kappa shape index (κ1) is 16.7. The fraction of sp³-hybridized carbons (Fsp3) is 0.643. The van der Waals surface area contributed by atoms with Gasteiger partial charge in [0, 0.05) is 31.3 Å². The van der Waals surface area contributed by atoms with Crippen molar-refractivity contribution < 1.29 is 19.1 Å². The lowest BCUT2D eigenvalue weighted by molar-refractivity contribution is 0.00215. The van der Waals surface area contributed by atoms with Gasteiger partial charge in [0.25, 0.3) is 0 Å². The van der Waals surface area contributed by atoms with E-state index in [4.69, 9.17) is 9.94 Å². The fourth-order valence-electron chi connectivity index (χ4n) is 2.19. The highest BCUT2D eigenvalue weighted by atomic mass is 32.1. The van der Waals surface area contributed by atoms with E-state index in [9.17, 15) is 9.18 Å². The molecule has 0 spiro atoms. The molecule has 1 N–H and O–H groups in total. The third-order valence-corrected chi connectivity index (χ3v) is 4.34. The molecule has 0 atom stereocenters. The van der Waals surface area contributed by atoms with Crippen LogP contribution in [0.4, 0.5) is 9.18 Å². The largest absolute Gasteiger partial charge is 0.444 e. The number of piperidine rings is 1. The second-order valence-corrected chi connectivity index (χ2v) is 7.11. The van der Waals surface area contributed by atoms with Crippen LogP contribution < -0.4 is 0 Å². The maximum absolute atomic E-state index is 15.0. The van der Waals surface area contributed by atoms with Crippen LogP contribution in [0.1, 0.15) is 44.3 Å². The van der Waals surface area contributed by atoms with Gasteiger partial charge in [0.15, 0.2) is 5.67 Å². The first-order valence-electron chi connectivity index (χ1n) is 7.04. The Morgan fingerprint density at radius 1 is 1.55 bits per heavy atom. The number of amides is 1. The minimum atomic E-state index is -1.55. The van der Waals surface area contributed by atoms with E-state index in [2.05, 4.69) is 10.1 Å². The molecular formula is C14H20FN3O3S. The topological polar surface area (TPSA) is 75.0 Å². The molecule has 0 bridgehead atoms. The van der Waals surface area contributed by atoms with Gasteiger partial charge in [-0.2, -0.15) is 0 Å². The lowest BCUT2D eigenvalue weighted by Gasteiger charge is -2.36. The monoisotopic (exact) mass is 329 g/mol. The Morgan fingerprint density at radius 3 is 2.73 bits per heavy atom. The zero-order chi connectivity index (χ0) is 16.4. The molecule has 122 valence electrons. The summed E-state index contributed by atoms with van der Waals surface area (Å²) in [6, 6.07) is 0. The van der Waals surface area contributed by atoms with Gasteiger partial charge in [0.05, 0.1) is 11.9 Å². The van der Waals surface area contributed by atoms with Crippen LogP contribution >= 0.6 is 11.3 Å². The highest BCUT2D eigenvalue weighted by Gasteiger charge is 2.40. The summed E-state index contributed by atoms with van der Waals surface area (Å²) in [5.41, 5.74) is -1.69. The number of ether oxygens (including phenoxy) is 1. The van der Waals surface area contributed by atoms with Gasteiger partial charge in [-0.1, -0.05) is 5.16 Å². The number of alkyl halides is 1. The Hall–Kier alpha value is -1.70. The summed E-state index contributed by atoms with van der Waals surface area (Å²) in [5.74, 6) is 0. The Balaban J connectivity index is 1.99. The normalized spacial score (nSPS) is 18.6. The Labute approximate surface area is 132 Å². The molecule has 1 aromatic rings. The van der Waals surface area contributed by atoms with Crippen LogP contribution in [0.3, 0.4) is 0 Å². The molecule has 2 heterocycles. The Kier molecular flexibility index (Phi) is 4.69. The number of aromatic nitrogens is 1. The van der Waals surface area contributed by atoms with E-state index in [0.29, 0.717) is 10.7 Å². The molecule has 1 saturated heterocycles. The van der Waals surface area contributed by atoms with Crippen LogP contribution in [0.15, 0.2) is 10.5 Å². The van der Waals surface area contributed by atoms with Crippen molar-refractivity contribution >= 4 is 23.6 Å². The SMILES string of the molecule is CC(C)(C)OC(=O)N1CCC(F)(c2nc(/C=N/O)cs2)CC1. The highest BCUT2D eigenvalue weighted by Crippen LogP contribution is 2.38. The molecule has 1 amide bonds. The van der Waals surface area contributed by atoms with Crippen molar-refractivity contribution in [2.45, 2.75) is 44.9 Å². The molecule has 8 heteroatoms. The maximum atomic E-state index is 15.0. The van der Waals surface area contributed by atoms with Crippen LogP contribution in [-0.4, -0.2) is 46.1 Å². The number of carbonyl (C=O) groups excluding carboxylic acids is 1. The fourth-order valence-corrected chi connectivity index (χ4v) is 3.11. The minimum Gasteiger partial charge on any atom is -0.444 e. The predicted octanol–water partition coefficient (Wildman–Crippen LogP) is 3.15. The van der Waals surface area contributed by atoms with Crippen LogP contribution in [0.5, 0.6) is 0 Å². The first-order valence-corrected chi connectivity index (χ1v) is 7.92. The molecule has 1 aliphatic heterocycles. The number of thiazole rings is 1. The molecule has 0 aliphatic carbocycles. The van der Waals surface area contributed by atoms with Crippen molar-refractivity contribution in [3.63, 3.8) is 0 Å². The Morgan fingerprint density at radius 2 is 2.18 bits per heavy atom. The van der Waals surface area contributed by atoms with E-state index in [0.717, 1.165) is 0 Å². The third kappa shape index (κ3) is 3.94. The van der Waals surface area contributed by atoms with E-state index >= 15 is 0 Å². The number of likely N-dealkylation sites (tertiary alicyclic amines) is 1. The maximum Gasteiger partial charge on any atom is 0.410 e. The first-order chi connectivity index (χ1) is 10.2. The average molecular weight is 329 g/mol.